The quantitative estimate of drug-likeness (QED) is 0.879. The van der Waals surface area contributed by atoms with E-state index in [9.17, 15) is 9.59 Å². The predicted molar refractivity (Wildman–Crippen MR) is 80.8 cm³/mol. The summed E-state index contributed by atoms with van der Waals surface area (Å²) in [6, 6.07) is 9.72. The first-order valence-corrected chi connectivity index (χ1v) is 6.41. The Hall–Kier alpha value is -2.88. The van der Waals surface area contributed by atoms with E-state index in [2.05, 4.69) is 24.3 Å². The smallest absolute Gasteiger partial charge is 0.337 e. The van der Waals surface area contributed by atoms with Crippen LogP contribution in [0, 0.1) is 0 Å². The fraction of sp³-hybridized carbons (Fsp3) is 0.0588. The Kier molecular flexibility index (Phi) is 4.51. The number of allylic oxidation sites excluding steroid dienone is 4. The van der Waals surface area contributed by atoms with Crippen molar-refractivity contribution < 1.29 is 19.8 Å². The third-order valence-corrected chi connectivity index (χ3v) is 3.03. The van der Waals surface area contributed by atoms with Gasteiger partial charge in [-0.25, -0.2) is 9.59 Å². The highest BCUT2D eigenvalue weighted by Crippen LogP contribution is 2.22. The van der Waals surface area contributed by atoms with E-state index in [0.717, 1.165) is 6.42 Å². The van der Waals surface area contributed by atoms with E-state index in [0.29, 0.717) is 10.8 Å². The first-order chi connectivity index (χ1) is 10.1. The number of carboxylic acid groups (broad SMARTS) is 2. The highest BCUT2D eigenvalue weighted by molar-refractivity contribution is 6.11. The zero-order valence-electron chi connectivity index (χ0n) is 11.2. The molecule has 0 fully saturated rings. The normalized spacial score (nSPS) is 12.0. The van der Waals surface area contributed by atoms with Gasteiger partial charge in [-0.1, -0.05) is 54.6 Å². The van der Waals surface area contributed by atoms with Crippen LogP contribution in [-0.2, 0) is 0 Å². The molecule has 1 aliphatic rings. The molecule has 4 nitrogen and oxygen atoms in total. The van der Waals surface area contributed by atoms with E-state index >= 15 is 0 Å². The van der Waals surface area contributed by atoms with Gasteiger partial charge in [0.2, 0.25) is 0 Å². The predicted octanol–water partition coefficient (Wildman–Crippen LogP) is 3.74. The van der Waals surface area contributed by atoms with Crippen molar-refractivity contribution in [3.05, 3.63) is 71.8 Å². The average Bonchev–Trinajstić information content (AvgIpc) is 3.05. The molecule has 2 aromatic rings. The summed E-state index contributed by atoms with van der Waals surface area (Å²) in [4.78, 5) is 22.0. The van der Waals surface area contributed by atoms with Crippen molar-refractivity contribution in [1.82, 2.24) is 0 Å². The lowest BCUT2D eigenvalue weighted by Crippen LogP contribution is -2.08. The van der Waals surface area contributed by atoms with Gasteiger partial charge in [-0.2, -0.15) is 0 Å². The molecule has 3 rings (SSSR count). The minimum absolute atomic E-state index is 0.161. The first-order valence-electron chi connectivity index (χ1n) is 6.41. The van der Waals surface area contributed by atoms with Gasteiger partial charge in [0.05, 0.1) is 11.1 Å². The summed E-state index contributed by atoms with van der Waals surface area (Å²) in [5.74, 6) is -2.46. The first kappa shape index (κ1) is 14.5. The zero-order chi connectivity index (χ0) is 15.2. The standard InChI is InChI=1S/C12H8O4.C5H6/c13-11(14)9-6-5-7-3-1-2-4-8(7)10(9)12(15)16;1-2-4-5-3-1/h1-6H,(H,13,14)(H,15,16);1-4H,5H2. The van der Waals surface area contributed by atoms with Gasteiger partial charge >= 0.3 is 11.9 Å². The monoisotopic (exact) mass is 282 g/mol. The molecule has 2 aromatic carbocycles. The second kappa shape index (κ2) is 6.52. The van der Waals surface area contributed by atoms with Gasteiger partial charge in [-0.15, -0.1) is 0 Å². The molecule has 0 saturated heterocycles. The summed E-state index contributed by atoms with van der Waals surface area (Å²) in [6.45, 7) is 0. The molecule has 0 radical (unpaired) electrons. The molecule has 0 atom stereocenters. The lowest BCUT2D eigenvalue weighted by molar-refractivity contribution is 0.0653. The van der Waals surface area contributed by atoms with Gasteiger partial charge in [0.25, 0.3) is 0 Å². The van der Waals surface area contributed by atoms with Crippen LogP contribution in [0.2, 0.25) is 0 Å². The van der Waals surface area contributed by atoms with Crippen molar-refractivity contribution in [2.24, 2.45) is 0 Å². The summed E-state index contributed by atoms with van der Waals surface area (Å²) in [5, 5.41) is 19.1. The summed E-state index contributed by atoms with van der Waals surface area (Å²) in [7, 11) is 0. The van der Waals surface area contributed by atoms with Crippen molar-refractivity contribution in [2.45, 2.75) is 6.42 Å². The Morgan fingerprint density at radius 2 is 1.52 bits per heavy atom. The number of rotatable bonds is 2. The average molecular weight is 282 g/mol. The number of hydrogen-bond acceptors (Lipinski definition) is 2. The maximum Gasteiger partial charge on any atom is 0.337 e. The van der Waals surface area contributed by atoms with Gasteiger partial charge in [0.15, 0.2) is 0 Å². The minimum Gasteiger partial charge on any atom is -0.478 e. The van der Waals surface area contributed by atoms with Crippen molar-refractivity contribution in [2.75, 3.05) is 0 Å². The Morgan fingerprint density at radius 3 is 2.05 bits per heavy atom. The molecule has 0 aliphatic heterocycles. The van der Waals surface area contributed by atoms with Crippen molar-refractivity contribution >= 4 is 22.7 Å². The molecular weight excluding hydrogens is 268 g/mol. The summed E-state index contributed by atoms with van der Waals surface area (Å²) in [5.41, 5.74) is -0.350. The summed E-state index contributed by atoms with van der Waals surface area (Å²) < 4.78 is 0. The van der Waals surface area contributed by atoms with Gasteiger partial charge in [0.1, 0.15) is 0 Å². The third-order valence-electron chi connectivity index (χ3n) is 3.03. The maximum atomic E-state index is 11.1. The lowest BCUT2D eigenvalue weighted by atomic mass is 9.99. The molecule has 0 saturated carbocycles. The van der Waals surface area contributed by atoms with Crippen LogP contribution in [0.15, 0.2) is 60.7 Å². The number of benzene rings is 2. The van der Waals surface area contributed by atoms with Crippen molar-refractivity contribution in [1.29, 1.82) is 0 Å². The Morgan fingerprint density at radius 1 is 0.857 bits per heavy atom. The Bertz CT molecular complexity index is 732. The van der Waals surface area contributed by atoms with Gasteiger partial charge < -0.3 is 10.2 Å². The molecule has 0 unspecified atom stereocenters. The third kappa shape index (κ3) is 3.36. The Balaban J connectivity index is 0.000000272. The van der Waals surface area contributed by atoms with Gasteiger partial charge in [0, 0.05) is 0 Å². The fourth-order valence-electron chi connectivity index (χ4n) is 2.07. The number of fused-ring (bicyclic) bond motifs is 1. The molecular formula is C17H14O4. The SMILES string of the molecule is C1=CCC=C1.O=C(O)c1ccc2ccccc2c1C(=O)O. The molecule has 0 aromatic heterocycles. The van der Waals surface area contributed by atoms with Crippen LogP contribution in [0.5, 0.6) is 0 Å². The minimum atomic E-state index is -1.23. The van der Waals surface area contributed by atoms with E-state index in [4.69, 9.17) is 10.2 Å². The molecule has 0 spiro atoms. The lowest BCUT2D eigenvalue weighted by Gasteiger charge is -2.05. The number of aromatic carboxylic acids is 2. The molecule has 21 heavy (non-hydrogen) atoms. The molecule has 2 N–H and O–H groups in total. The second-order valence-electron chi connectivity index (χ2n) is 4.41. The van der Waals surface area contributed by atoms with Crippen LogP contribution in [0.3, 0.4) is 0 Å². The largest absolute Gasteiger partial charge is 0.478 e. The molecule has 0 amide bonds. The van der Waals surface area contributed by atoms with Crippen molar-refractivity contribution in [3.8, 4) is 0 Å². The van der Waals surface area contributed by atoms with E-state index in [-0.39, 0.29) is 11.1 Å². The number of hydrogen-bond donors (Lipinski definition) is 2. The highest BCUT2D eigenvalue weighted by Gasteiger charge is 2.18. The summed E-state index contributed by atoms with van der Waals surface area (Å²) in [6.07, 6.45) is 9.50. The number of carbonyl (C=O) groups is 2. The highest BCUT2D eigenvalue weighted by atomic mass is 16.4. The van der Waals surface area contributed by atoms with Crippen LogP contribution >= 0.6 is 0 Å². The van der Waals surface area contributed by atoms with Crippen LogP contribution < -0.4 is 0 Å². The zero-order valence-corrected chi connectivity index (χ0v) is 11.2. The number of carboxylic acids is 2. The molecule has 1 aliphatic carbocycles. The van der Waals surface area contributed by atoms with Crippen LogP contribution in [0.25, 0.3) is 10.8 Å². The second-order valence-corrected chi connectivity index (χ2v) is 4.41. The van der Waals surface area contributed by atoms with Crippen LogP contribution in [0.4, 0.5) is 0 Å². The van der Waals surface area contributed by atoms with E-state index in [1.807, 2.05) is 0 Å². The summed E-state index contributed by atoms with van der Waals surface area (Å²) >= 11 is 0. The van der Waals surface area contributed by atoms with Crippen LogP contribution in [-0.4, -0.2) is 22.2 Å². The maximum absolute atomic E-state index is 11.1. The molecule has 106 valence electrons. The van der Waals surface area contributed by atoms with Crippen LogP contribution in [0.1, 0.15) is 27.1 Å². The van der Waals surface area contributed by atoms with Gasteiger partial charge in [-0.3, -0.25) is 0 Å². The molecule has 0 bridgehead atoms. The van der Waals surface area contributed by atoms with E-state index in [1.165, 1.54) is 6.07 Å². The topological polar surface area (TPSA) is 74.6 Å². The Labute approximate surface area is 121 Å². The van der Waals surface area contributed by atoms with Crippen molar-refractivity contribution in [3.63, 3.8) is 0 Å². The van der Waals surface area contributed by atoms with Gasteiger partial charge in [-0.05, 0) is 23.3 Å². The molecule has 0 heterocycles. The fourth-order valence-corrected chi connectivity index (χ4v) is 2.07. The van der Waals surface area contributed by atoms with E-state index in [1.54, 1.807) is 30.3 Å². The molecule has 4 heteroatoms. The van der Waals surface area contributed by atoms with E-state index < -0.39 is 11.9 Å².